The first kappa shape index (κ1) is 27.0. The van der Waals surface area contributed by atoms with Crippen molar-refractivity contribution in [1.82, 2.24) is 25.7 Å². The number of methoxy groups -OCH3 is 1. The van der Waals surface area contributed by atoms with Gasteiger partial charge in [-0.2, -0.15) is 5.10 Å². The predicted octanol–water partition coefficient (Wildman–Crippen LogP) is 2.27. The van der Waals surface area contributed by atoms with Gasteiger partial charge in [-0.15, -0.1) is 0 Å². The molecule has 0 radical (unpaired) electrons. The zero-order valence-corrected chi connectivity index (χ0v) is 22.4. The lowest BCUT2D eigenvalue weighted by Gasteiger charge is -2.39. The van der Waals surface area contributed by atoms with Gasteiger partial charge in [-0.05, 0) is 49.7 Å². The number of nitrogens with zero attached hydrogens (tertiary/aromatic N) is 2. The molecule has 5 rings (SSSR count). The number of benzene rings is 2. The standard InChI is InChI=1S/C28H30FN5O6/c1-15-26(16(2)33-32-15)28(37)34-7-6-22-21(13-34)31-27(36)18-4-5-23(38-3)24(10-18)39-14-25(35)30-12-17-8-19(29)11-20(9-17)40-22/h4-5,8-11,21-22H,6-7,12-14H2,1-3H3,(H,30,35)(H,31,36)(H,32,33)/t21-,22+/m0/s1. The molecule has 1 aromatic heterocycles. The van der Waals surface area contributed by atoms with Gasteiger partial charge < -0.3 is 29.7 Å². The Kier molecular flexibility index (Phi) is 7.58. The van der Waals surface area contributed by atoms with Crippen LogP contribution in [-0.4, -0.2) is 71.8 Å². The number of carbonyl (C=O) groups excluding carboxylic acids is 3. The van der Waals surface area contributed by atoms with Crippen molar-refractivity contribution >= 4 is 17.7 Å². The van der Waals surface area contributed by atoms with E-state index in [0.29, 0.717) is 41.2 Å². The summed E-state index contributed by atoms with van der Waals surface area (Å²) in [6.45, 7) is 3.78. The minimum atomic E-state index is -0.622. The summed E-state index contributed by atoms with van der Waals surface area (Å²) in [4.78, 5) is 40.9. The fourth-order valence-corrected chi connectivity index (χ4v) is 4.96. The van der Waals surface area contributed by atoms with Crippen LogP contribution in [0.4, 0.5) is 4.39 Å². The van der Waals surface area contributed by atoms with Gasteiger partial charge >= 0.3 is 0 Å². The van der Waals surface area contributed by atoms with E-state index in [1.165, 1.54) is 25.3 Å². The molecule has 1 saturated heterocycles. The van der Waals surface area contributed by atoms with Crippen LogP contribution < -0.4 is 24.8 Å². The molecule has 0 aliphatic carbocycles. The lowest BCUT2D eigenvalue weighted by Crippen LogP contribution is -2.58. The second-order valence-electron chi connectivity index (χ2n) is 9.81. The number of aromatic amines is 1. The van der Waals surface area contributed by atoms with Crippen LogP contribution in [0.3, 0.4) is 0 Å². The topological polar surface area (TPSA) is 135 Å². The number of H-pyrrole nitrogens is 1. The fraction of sp³-hybridized carbons (Fsp3) is 0.357. The minimum Gasteiger partial charge on any atom is -0.493 e. The van der Waals surface area contributed by atoms with E-state index in [0.717, 1.165) is 0 Å². The summed E-state index contributed by atoms with van der Waals surface area (Å²) in [5.74, 6) is -0.787. The van der Waals surface area contributed by atoms with E-state index in [1.807, 2.05) is 0 Å². The molecule has 2 aromatic carbocycles. The van der Waals surface area contributed by atoms with E-state index in [4.69, 9.17) is 14.2 Å². The maximum Gasteiger partial charge on any atom is 0.258 e. The van der Waals surface area contributed by atoms with Gasteiger partial charge in [0.15, 0.2) is 18.1 Å². The number of fused-ring (bicyclic) bond motifs is 5. The quantitative estimate of drug-likeness (QED) is 0.445. The van der Waals surface area contributed by atoms with E-state index in [1.54, 1.807) is 36.9 Å². The lowest BCUT2D eigenvalue weighted by atomic mass is 9.99. The van der Waals surface area contributed by atoms with Gasteiger partial charge in [0.05, 0.1) is 24.4 Å². The summed E-state index contributed by atoms with van der Waals surface area (Å²) < 4.78 is 31.7. The van der Waals surface area contributed by atoms with Crippen molar-refractivity contribution in [2.24, 2.45) is 0 Å². The number of carbonyl (C=O) groups is 3. The Morgan fingerprint density at radius 3 is 2.75 bits per heavy atom. The molecule has 40 heavy (non-hydrogen) atoms. The maximum absolute atomic E-state index is 14.5. The molecule has 3 aromatic rings. The third-order valence-corrected chi connectivity index (χ3v) is 6.99. The number of hydrogen-bond donors (Lipinski definition) is 3. The predicted molar refractivity (Wildman–Crippen MR) is 141 cm³/mol. The SMILES string of the molecule is COc1ccc2cc1OCC(=O)NCc1cc(F)cc(c1)O[C@@H]1CCN(C(=O)c3c(C)n[nH]c3C)C[C@@H]1NC2=O. The Bertz CT molecular complexity index is 1440. The number of piperidine rings is 1. The van der Waals surface area contributed by atoms with Gasteiger partial charge in [0.2, 0.25) is 0 Å². The van der Waals surface area contributed by atoms with Crippen LogP contribution >= 0.6 is 0 Å². The maximum atomic E-state index is 14.5. The van der Waals surface area contributed by atoms with E-state index in [-0.39, 0.29) is 42.7 Å². The molecule has 3 N–H and O–H groups in total. The first-order valence-electron chi connectivity index (χ1n) is 12.9. The Balaban J connectivity index is 1.48. The zero-order valence-electron chi connectivity index (χ0n) is 22.4. The Labute approximate surface area is 230 Å². The van der Waals surface area contributed by atoms with E-state index >= 15 is 0 Å². The number of rotatable bonds is 2. The number of amides is 3. The highest BCUT2D eigenvalue weighted by atomic mass is 19.1. The lowest BCUT2D eigenvalue weighted by molar-refractivity contribution is -0.123. The minimum absolute atomic E-state index is 0.0595. The van der Waals surface area contributed by atoms with Crippen LogP contribution in [0.25, 0.3) is 0 Å². The summed E-state index contributed by atoms with van der Waals surface area (Å²) in [7, 11) is 1.45. The van der Waals surface area contributed by atoms with Crippen molar-refractivity contribution in [2.75, 3.05) is 26.8 Å². The number of ether oxygens (including phenoxy) is 3. The van der Waals surface area contributed by atoms with Gasteiger partial charge in [-0.25, -0.2) is 4.39 Å². The molecule has 12 heteroatoms. The molecule has 11 nitrogen and oxygen atoms in total. The number of nitrogens with one attached hydrogen (secondary N) is 3. The molecule has 3 heterocycles. The molecule has 210 valence electrons. The molecule has 4 bridgehead atoms. The molecular weight excluding hydrogens is 521 g/mol. The van der Waals surface area contributed by atoms with Crippen LogP contribution in [0.15, 0.2) is 36.4 Å². The summed E-state index contributed by atoms with van der Waals surface area (Å²) in [5.41, 5.74) is 2.50. The monoisotopic (exact) mass is 551 g/mol. The van der Waals surface area contributed by atoms with Crippen molar-refractivity contribution in [3.8, 4) is 17.2 Å². The second kappa shape index (κ2) is 11.2. The van der Waals surface area contributed by atoms with Gasteiger partial charge in [-0.3, -0.25) is 19.5 Å². The van der Waals surface area contributed by atoms with Gasteiger partial charge in [0.1, 0.15) is 17.7 Å². The van der Waals surface area contributed by atoms with Crippen molar-refractivity contribution in [3.05, 3.63) is 70.3 Å². The van der Waals surface area contributed by atoms with Crippen molar-refractivity contribution in [1.29, 1.82) is 0 Å². The van der Waals surface area contributed by atoms with Gasteiger partial charge in [0.25, 0.3) is 17.7 Å². The van der Waals surface area contributed by atoms with E-state index < -0.39 is 29.8 Å². The largest absolute Gasteiger partial charge is 0.493 e. The molecule has 2 aliphatic rings. The summed E-state index contributed by atoms with van der Waals surface area (Å²) in [6.07, 6.45) is -0.183. The summed E-state index contributed by atoms with van der Waals surface area (Å²) >= 11 is 0. The van der Waals surface area contributed by atoms with Crippen molar-refractivity contribution in [3.63, 3.8) is 0 Å². The molecular formula is C28H30FN5O6. The Hall–Kier alpha value is -4.61. The second-order valence-corrected chi connectivity index (χ2v) is 9.81. The van der Waals surface area contributed by atoms with Gasteiger partial charge in [0, 0.05) is 43.4 Å². The number of hydrogen-bond acceptors (Lipinski definition) is 7. The molecule has 1 fully saturated rings. The third-order valence-electron chi connectivity index (χ3n) is 6.99. The Morgan fingerprint density at radius 2 is 2.00 bits per heavy atom. The van der Waals surface area contributed by atoms with Crippen LogP contribution in [0.5, 0.6) is 17.2 Å². The number of aryl methyl sites for hydroxylation is 2. The molecule has 0 saturated carbocycles. The Morgan fingerprint density at radius 1 is 1.18 bits per heavy atom. The molecule has 0 spiro atoms. The van der Waals surface area contributed by atoms with Crippen LogP contribution in [-0.2, 0) is 11.3 Å². The van der Waals surface area contributed by atoms with Crippen LogP contribution in [0.2, 0.25) is 0 Å². The van der Waals surface area contributed by atoms with Crippen molar-refractivity contribution < 1.29 is 33.0 Å². The third kappa shape index (κ3) is 5.70. The molecule has 2 aliphatic heterocycles. The highest BCUT2D eigenvalue weighted by Crippen LogP contribution is 2.29. The van der Waals surface area contributed by atoms with Gasteiger partial charge in [-0.1, -0.05) is 0 Å². The highest BCUT2D eigenvalue weighted by molar-refractivity contribution is 5.97. The average molecular weight is 552 g/mol. The first-order valence-corrected chi connectivity index (χ1v) is 12.9. The first-order chi connectivity index (χ1) is 19.2. The van der Waals surface area contributed by atoms with Crippen LogP contribution in [0.1, 0.15) is 44.1 Å². The number of likely N-dealkylation sites (tertiary alicyclic amines) is 1. The van der Waals surface area contributed by atoms with E-state index in [2.05, 4.69) is 20.8 Å². The number of halogens is 1. The van der Waals surface area contributed by atoms with E-state index in [9.17, 15) is 18.8 Å². The zero-order chi connectivity index (χ0) is 28.4. The van der Waals surface area contributed by atoms with Crippen molar-refractivity contribution in [2.45, 2.75) is 39.0 Å². The molecule has 0 unspecified atom stereocenters. The normalized spacial score (nSPS) is 19.4. The fourth-order valence-electron chi connectivity index (χ4n) is 4.96. The molecule has 3 amide bonds. The van der Waals surface area contributed by atoms with Crippen LogP contribution in [0, 0.1) is 19.7 Å². The molecule has 2 atom stereocenters. The highest BCUT2D eigenvalue weighted by Gasteiger charge is 2.36. The summed E-state index contributed by atoms with van der Waals surface area (Å²) in [5, 5.41) is 12.6. The number of aromatic nitrogens is 2. The average Bonchev–Trinajstić information content (AvgIpc) is 3.27. The smallest absolute Gasteiger partial charge is 0.258 e. The summed E-state index contributed by atoms with van der Waals surface area (Å²) in [6, 6.07) is 8.21.